The van der Waals surface area contributed by atoms with Crippen molar-refractivity contribution in [1.82, 2.24) is 5.32 Å². The highest BCUT2D eigenvalue weighted by Gasteiger charge is 2.36. The molecule has 1 aliphatic heterocycles. The highest BCUT2D eigenvalue weighted by Crippen LogP contribution is 2.44. The van der Waals surface area contributed by atoms with E-state index in [1.54, 1.807) is 0 Å². The second-order valence-corrected chi connectivity index (χ2v) is 14.6. The van der Waals surface area contributed by atoms with Crippen molar-refractivity contribution in [2.45, 2.75) is 66.3 Å². The second-order valence-electron chi connectivity index (χ2n) is 11.2. The van der Waals surface area contributed by atoms with E-state index in [9.17, 15) is 18.0 Å². The Morgan fingerprint density at radius 2 is 1.81 bits per heavy atom. The van der Waals surface area contributed by atoms with Crippen molar-refractivity contribution in [2.24, 2.45) is 11.3 Å². The van der Waals surface area contributed by atoms with E-state index in [0.717, 1.165) is 40.8 Å². The fourth-order valence-electron chi connectivity index (χ4n) is 5.15. The molecule has 0 spiro atoms. The van der Waals surface area contributed by atoms with Gasteiger partial charge in [-0.3, -0.25) is 9.59 Å². The first-order chi connectivity index (χ1) is 16.8. The summed E-state index contributed by atoms with van der Waals surface area (Å²) in [5.41, 5.74) is 3.71. The largest absolute Gasteiger partial charge is 0.484 e. The summed E-state index contributed by atoms with van der Waals surface area (Å²) in [6, 6.07) is 5.39. The van der Waals surface area contributed by atoms with Crippen molar-refractivity contribution in [3.05, 3.63) is 45.3 Å². The van der Waals surface area contributed by atoms with Gasteiger partial charge in [0.15, 0.2) is 16.4 Å². The zero-order valence-electron chi connectivity index (χ0n) is 21.7. The van der Waals surface area contributed by atoms with E-state index < -0.39 is 15.9 Å². The van der Waals surface area contributed by atoms with Gasteiger partial charge in [0.05, 0.1) is 17.1 Å². The lowest BCUT2D eigenvalue weighted by atomic mass is 9.72. The molecule has 1 saturated heterocycles. The zero-order valence-corrected chi connectivity index (χ0v) is 23.3. The Bertz CT molecular complexity index is 1250. The number of hydrogen-bond acceptors (Lipinski definition) is 6. The molecule has 2 unspecified atom stereocenters. The van der Waals surface area contributed by atoms with E-state index in [1.165, 1.54) is 11.3 Å². The summed E-state index contributed by atoms with van der Waals surface area (Å²) in [5.74, 6) is 0.513. The van der Waals surface area contributed by atoms with Crippen molar-refractivity contribution in [1.29, 1.82) is 0 Å². The van der Waals surface area contributed by atoms with Crippen LogP contribution in [-0.2, 0) is 27.5 Å². The van der Waals surface area contributed by atoms with Crippen LogP contribution in [0.1, 0.15) is 65.5 Å². The maximum Gasteiger partial charge on any atom is 0.262 e. The number of nitrogens with one attached hydrogen (secondary N) is 2. The number of rotatable bonds is 6. The fraction of sp³-hybridized carbons (Fsp3) is 0.556. The van der Waals surface area contributed by atoms with E-state index >= 15 is 0 Å². The van der Waals surface area contributed by atoms with Gasteiger partial charge < -0.3 is 15.4 Å². The molecule has 2 atom stereocenters. The normalized spacial score (nSPS) is 21.0. The molecule has 0 saturated carbocycles. The van der Waals surface area contributed by atoms with Crippen LogP contribution < -0.4 is 15.4 Å². The number of ether oxygens (including phenoxy) is 1. The second kappa shape index (κ2) is 10.2. The van der Waals surface area contributed by atoms with Crippen LogP contribution in [0.3, 0.4) is 0 Å². The van der Waals surface area contributed by atoms with Crippen molar-refractivity contribution < 1.29 is 22.7 Å². The van der Waals surface area contributed by atoms with Crippen LogP contribution in [0.5, 0.6) is 5.75 Å². The first kappa shape index (κ1) is 26.7. The molecule has 0 bridgehead atoms. The third-order valence-corrected chi connectivity index (χ3v) is 10.0. The number of sulfone groups is 1. The number of fused-ring (bicyclic) bond motifs is 1. The summed E-state index contributed by atoms with van der Waals surface area (Å²) >= 11 is 1.46. The smallest absolute Gasteiger partial charge is 0.262 e. The molecular formula is C27H36N2O5S2. The summed E-state index contributed by atoms with van der Waals surface area (Å²) < 4.78 is 29.5. The molecular weight excluding hydrogens is 496 g/mol. The van der Waals surface area contributed by atoms with Crippen LogP contribution >= 0.6 is 11.3 Å². The molecule has 36 heavy (non-hydrogen) atoms. The standard InChI is InChI=1S/C27H36N2O5S2/c1-16-10-17(2)12-20(11-16)34-14-23(30)29-26-24(25(31)28-19-8-9-36(32,33)15-19)21-7-6-18(27(3,4)5)13-22(21)35-26/h10-12,18-19H,6-9,13-15H2,1-5H3,(H,28,31)(H,29,30). The summed E-state index contributed by atoms with van der Waals surface area (Å²) in [7, 11) is -3.12. The van der Waals surface area contributed by atoms with Gasteiger partial charge in [0, 0.05) is 10.9 Å². The van der Waals surface area contributed by atoms with E-state index in [2.05, 4.69) is 31.4 Å². The Balaban J connectivity index is 1.54. The van der Waals surface area contributed by atoms with Gasteiger partial charge in [0.1, 0.15) is 10.8 Å². The van der Waals surface area contributed by atoms with Gasteiger partial charge in [0.25, 0.3) is 11.8 Å². The highest BCUT2D eigenvalue weighted by molar-refractivity contribution is 7.91. The Morgan fingerprint density at radius 3 is 2.42 bits per heavy atom. The average molecular weight is 533 g/mol. The van der Waals surface area contributed by atoms with Crippen molar-refractivity contribution in [3.8, 4) is 5.75 Å². The minimum absolute atomic E-state index is 0.0391. The number of hydrogen-bond donors (Lipinski definition) is 2. The Morgan fingerprint density at radius 1 is 1.11 bits per heavy atom. The Labute approximate surface area is 217 Å². The van der Waals surface area contributed by atoms with Crippen LogP contribution in [0.25, 0.3) is 0 Å². The number of carbonyl (C=O) groups is 2. The van der Waals surface area contributed by atoms with E-state index in [1.807, 2.05) is 32.0 Å². The lowest BCUT2D eigenvalue weighted by molar-refractivity contribution is -0.118. The van der Waals surface area contributed by atoms with Gasteiger partial charge in [-0.25, -0.2) is 8.42 Å². The van der Waals surface area contributed by atoms with Crippen LogP contribution in [0, 0.1) is 25.2 Å². The van der Waals surface area contributed by atoms with Gasteiger partial charge in [0.2, 0.25) is 0 Å². The number of aryl methyl sites for hydroxylation is 2. The highest BCUT2D eigenvalue weighted by atomic mass is 32.2. The van der Waals surface area contributed by atoms with Crippen molar-refractivity contribution >= 4 is 38.0 Å². The third-order valence-electron chi connectivity index (χ3n) is 7.10. The van der Waals surface area contributed by atoms with Gasteiger partial charge in [-0.2, -0.15) is 0 Å². The maximum atomic E-state index is 13.4. The maximum absolute atomic E-state index is 13.4. The number of carbonyl (C=O) groups excluding carboxylic acids is 2. The molecule has 1 aliphatic carbocycles. The summed E-state index contributed by atoms with van der Waals surface area (Å²) in [4.78, 5) is 27.4. The minimum Gasteiger partial charge on any atom is -0.484 e. The average Bonchev–Trinajstić information content (AvgIpc) is 3.28. The first-order valence-corrected chi connectivity index (χ1v) is 15.1. The SMILES string of the molecule is Cc1cc(C)cc(OCC(=O)Nc2sc3c(c2C(=O)NC2CCS(=O)(=O)C2)CCC(C(C)(C)C)C3)c1. The molecule has 2 heterocycles. The number of benzene rings is 1. The van der Waals surface area contributed by atoms with Gasteiger partial charge in [-0.1, -0.05) is 26.8 Å². The molecule has 0 radical (unpaired) electrons. The van der Waals surface area contributed by atoms with E-state index in [4.69, 9.17) is 4.74 Å². The Hall–Kier alpha value is -2.39. The summed E-state index contributed by atoms with van der Waals surface area (Å²) in [5, 5.41) is 6.35. The van der Waals surface area contributed by atoms with E-state index in [-0.39, 0.29) is 35.3 Å². The number of thiophene rings is 1. The van der Waals surface area contributed by atoms with Gasteiger partial charge in [-0.15, -0.1) is 11.3 Å². The molecule has 7 nitrogen and oxygen atoms in total. The molecule has 2 amide bonds. The van der Waals surface area contributed by atoms with Crippen LogP contribution in [0.4, 0.5) is 5.00 Å². The number of anilines is 1. The molecule has 2 aliphatic rings. The molecule has 2 N–H and O–H groups in total. The van der Waals surface area contributed by atoms with Crippen LogP contribution in [0.15, 0.2) is 18.2 Å². The van der Waals surface area contributed by atoms with Gasteiger partial charge in [-0.05, 0) is 79.7 Å². The molecule has 1 aromatic carbocycles. The van der Waals surface area contributed by atoms with Gasteiger partial charge >= 0.3 is 0 Å². The molecule has 1 aromatic heterocycles. The minimum atomic E-state index is -3.12. The van der Waals surface area contributed by atoms with Crippen molar-refractivity contribution in [3.63, 3.8) is 0 Å². The van der Waals surface area contributed by atoms with Crippen LogP contribution in [-0.4, -0.2) is 44.4 Å². The summed E-state index contributed by atoms with van der Waals surface area (Å²) in [6.45, 7) is 10.5. The van der Waals surface area contributed by atoms with E-state index in [0.29, 0.717) is 28.7 Å². The molecule has 2 aromatic rings. The molecule has 196 valence electrons. The first-order valence-electron chi connectivity index (χ1n) is 12.5. The molecule has 9 heteroatoms. The lowest BCUT2D eigenvalue weighted by Gasteiger charge is -2.33. The predicted octanol–water partition coefficient (Wildman–Crippen LogP) is 4.45. The third kappa shape index (κ3) is 6.29. The predicted molar refractivity (Wildman–Crippen MR) is 144 cm³/mol. The lowest BCUT2D eigenvalue weighted by Crippen LogP contribution is -2.36. The number of amides is 2. The zero-order chi connectivity index (χ0) is 26.3. The Kier molecular flexibility index (Phi) is 7.53. The topological polar surface area (TPSA) is 102 Å². The van der Waals surface area contributed by atoms with Crippen molar-refractivity contribution in [2.75, 3.05) is 23.4 Å². The summed E-state index contributed by atoms with van der Waals surface area (Å²) in [6.07, 6.45) is 3.00. The van der Waals surface area contributed by atoms with Crippen LogP contribution in [0.2, 0.25) is 0 Å². The fourth-order valence-corrected chi connectivity index (χ4v) is 8.16. The quantitative estimate of drug-likeness (QED) is 0.572. The monoisotopic (exact) mass is 532 g/mol. The molecule has 4 rings (SSSR count). The molecule has 1 fully saturated rings.